The molecule has 5 rings (SSSR count). The molecule has 2 atom stereocenters. The summed E-state index contributed by atoms with van der Waals surface area (Å²) < 4.78 is 43.0. The highest BCUT2D eigenvalue weighted by Gasteiger charge is 2.43. The van der Waals surface area contributed by atoms with Gasteiger partial charge in [-0.05, 0) is 50.5 Å². The highest BCUT2D eigenvalue weighted by atomic mass is 19.3. The van der Waals surface area contributed by atoms with E-state index in [1.807, 2.05) is 16.4 Å². The van der Waals surface area contributed by atoms with Gasteiger partial charge in [-0.25, -0.2) is 0 Å². The van der Waals surface area contributed by atoms with Crippen molar-refractivity contribution in [3.05, 3.63) is 46.8 Å². The lowest BCUT2D eigenvalue weighted by atomic mass is 10.1. The molecule has 1 N–H and O–H groups in total. The summed E-state index contributed by atoms with van der Waals surface area (Å²) in [4.78, 5) is 28.2. The van der Waals surface area contributed by atoms with Crippen LogP contribution in [0.25, 0.3) is 0 Å². The predicted molar refractivity (Wildman–Crippen MR) is 112 cm³/mol. The fourth-order valence-corrected chi connectivity index (χ4v) is 4.67. The Hall–Kier alpha value is -3.14. The Morgan fingerprint density at radius 2 is 1.97 bits per heavy atom. The van der Waals surface area contributed by atoms with Gasteiger partial charge in [-0.1, -0.05) is 6.07 Å². The number of hydrogen-bond acceptors (Lipinski definition) is 5. The van der Waals surface area contributed by atoms with Crippen LogP contribution in [0.3, 0.4) is 0 Å². The average Bonchev–Trinajstić information content (AvgIpc) is 3.46. The number of ether oxygens (including phenoxy) is 3. The number of fused-ring (bicyclic) bond motifs is 2. The number of amides is 2. The Morgan fingerprint density at radius 3 is 2.73 bits per heavy atom. The second-order valence-electron chi connectivity index (χ2n) is 8.65. The normalized spacial score (nSPS) is 21.6. The number of nitrogens with one attached hydrogen (secondary N) is 1. The number of benzene rings is 1. The maximum atomic E-state index is 13.3. The van der Waals surface area contributed by atoms with E-state index in [1.54, 1.807) is 19.1 Å². The zero-order valence-electron chi connectivity index (χ0n) is 18.4. The summed E-state index contributed by atoms with van der Waals surface area (Å²) >= 11 is 0. The third-order valence-corrected chi connectivity index (χ3v) is 6.46. The SMILES string of the molecule is C[C@@H](NC(=O)c1cc(C(=O)N2CCC[C@@H]2C)n2c1COCC2)c1ccc2c(c1)OC(F)(F)O2. The van der Waals surface area contributed by atoms with Gasteiger partial charge in [-0.2, -0.15) is 0 Å². The molecule has 8 nitrogen and oxygen atoms in total. The van der Waals surface area contributed by atoms with Gasteiger partial charge in [0.25, 0.3) is 11.8 Å². The number of nitrogens with zero attached hydrogens (tertiary/aromatic N) is 2. The van der Waals surface area contributed by atoms with Crippen molar-refractivity contribution >= 4 is 11.8 Å². The monoisotopic (exact) mass is 461 g/mol. The molecular weight excluding hydrogens is 436 g/mol. The molecule has 3 aliphatic rings. The van der Waals surface area contributed by atoms with E-state index in [9.17, 15) is 18.4 Å². The number of alkyl halides is 2. The standard InChI is InChI=1S/C23H25F2N3O5/c1-13-4-3-7-27(13)22(30)17-11-16(18-12-31-9-8-28(17)18)21(29)26-14(2)15-5-6-19-20(10-15)33-23(24,25)32-19/h5-6,10-11,13-14H,3-4,7-9,12H2,1-2H3,(H,26,29)/t13-,14+/m0/s1. The molecule has 0 unspecified atom stereocenters. The first kappa shape index (κ1) is 21.7. The van der Waals surface area contributed by atoms with Gasteiger partial charge in [0.2, 0.25) is 0 Å². The molecule has 0 saturated carbocycles. The Morgan fingerprint density at radius 1 is 1.18 bits per heavy atom. The first-order valence-corrected chi connectivity index (χ1v) is 11.1. The minimum atomic E-state index is -3.70. The molecule has 1 fully saturated rings. The second kappa shape index (κ2) is 8.02. The van der Waals surface area contributed by atoms with E-state index in [1.165, 1.54) is 12.1 Å². The number of carbonyl (C=O) groups excluding carboxylic acids is 2. The van der Waals surface area contributed by atoms with Crippen LogP contribution in [0.4, 0.5) is 8.78 Å². The number of hydrogen-bond donors (Lipinski definition) is 1. The lowest BCUT2D eigenvalue weighted by Gasteiger charge is -2.24. The molecular formula is C23H25F2N3O5. The van der Waals surface area contributed by atoms with Crippen molar-refractivity contribution < 1.29 is 32.6 Å². The highest BCUT2D eigenvalue weighted by molar-refractivity contribution is 6.01. The Balaban J connectivity index is 1.38. The number of halogens is 2. The van der Waals surface area contributed by atoms with Crippen molar-refractivity contribution in [2.45, 2.75) is 58.2 Å². The summed E-state index contributed by atoms with van der Waals surface area (Å²) in [7, 11) is 0. The molecule has 0 bridgehead atoms. The van der Waals surface area contributed by atoms with Crippen LogP contribution in [0.1, 0.15) is 64.8 Å². The van der Waals surface area contributed by atoms with Crippen LogP contribution in [0.2, 0.25) is 0 Å². The lowest BCUT2D eigenvalue weighted by molar-refractivity contribution is -0.286. The van der Waals surface area contributed by atoms with Crippen molar-refractivity contribution in [1.82, 2.24) is 14.8 Å². The molecule has 176 valence electrons. The Bertz CT molecular complexity index is 1120. The quantitative estimate of drug-likeness (QED) is 0.754. The van der Waals surface area contributed by atoms with Gasteiger partial charge >= 0.3 is 6.29 Å². The van der Waals surface area contributed by atoms with E-state index >= 15 is 0 Å². The number of likely N-dealkylation sites (tertiary alicyclic amines) is 1. The van der Waals surface area contributed by atoms with Crippen LogP contribution in [0, 0.1) is 0 Å². The van der Waals surface area contributed by atoms with Gasteiger partial charge in [0, 0.05) is 19.1 Å². The smallest absolute Gasteiger partial charge is 0.395 e. The fraction of sp³-hybridized carbons (Fsp3) is 0.478. The highest BCUT2D eigenvalue weighted by Crippen LogP contribution is 2.42. The Kier molecular flexibility index (Phi) is 5.27. The summed E-state index contributed by atoms with van der Waals surface area (Å²) in [6.07, 6.45) is -1.76. The summed E-state index contributed by atoms with van der Waals surface area (Å²) in [5.41, 5.74) is 2.11. The number of carbonyl (C=O) groups is 2. The first-order valence-electron chi connectivity index (χ1n) is 11.1. The Labute approximate surface area is 189 Å². The van der Waals surface area contributed by atoms with Crippen LogP contribution >= 0.6 is 0 Å². The minimum absolute atomic E-state index is 0.0553. The minimum Gasteiger partial charge on any atom is -0.395 e. The topological polar surface area (TPSA) is 82.0 Å². The molecule has 33 heavy (non-hydrogen) atoms. The van der Waals surface area contributed by atoms with Crippen LogP contribution in [-0.2, 0) is 17.9 Å². The van der Waals surface area contributed by atoms with Crippen molar-refractivity contribution in [1.29, 1.82) is 0 Å². The number of aromatic nitrogens is 1. The third kappa shape index (κ3) is 3.92. The van der Waals surface area contributed by atoms with Crippen LogP contribution in [0.15, 0.2) is 24.3 Å². The third-order valence-electron chi connectivity index (χ3n) is 6.46. The van der Waals surface area contributed by atoms with Gasteiger partial charge in [0.1, 0.15) is 5.69 Å². The van der Waals surface area contributed by atoms with Crippen LogP contribution < -0.4 is 14.8 Å². The van der Waals surface area contributed by atoms with Gasteiger partial charge in [0.15, 0.2) is 11.5 Å². The summed E-state index contributed by atoms with van der Waals surface area (Å²) in [6, 6.07) is 5.70. The zero-order valence-corrected chi connectivity index (χ0v) is 18.4. The van der Waals surface area contributed by atoms with Crippen molar-refractivity contribution in [2.24, 2.45) is 0 Å². The zero-order chi connectivity index (χ0) is 23.3. The molecule has 1 aromatic heterocycles. The van der Waals surface area contributed by atoms with Crippen LogP contribution in [-0.4, -0.2) is 46.8 Å². The molecule has 1 aromatic carbocycles. The summed E-state index contributed by atoms with van der Waals surface area (Å²) in [6.45, 7) is 5.68. The van der Waals surface area contributed by atoms with E-state index in [0.29, 0.717) is 42.2 Å². The number of rotatable bonds is 4. The second-order valence-corrected chi connectivity index (χ2v) is 8.65. The van der Waals surface area contributed by atoms with Crippen molar-refractivity contribution in [3.8, 4) is 11.5 Å². The average molecular weight is 461 g/mol. The molecule has 0 spiro atoms. The molecule has 3 aliphatic heterocycles. The summed E-state index contributed by atoms with van der Waals surface area (Å²) in [5.74, 6) is -0.582. The summed E-state index contributed by atoms with van der Waals surface area (Å²) in [5, 5.41) is 2.89. The van der Waals surface area contributed by atoms with Gasteiger partial charge in [-0.3, -0.25) is 9.59 Å². The van der Waals surface area contributed by atoms with E-state index < -0.39 is 12.3 Å². The van der Waals surface area contributed by atoms with E-state index in [-0.39, 0.29) is 36.0 Å². The van der Waals surface area contributed by atoms with Gasteiger partial charge < -0.3 is 29.0 Å². The predicted octanol–water partition coefficient (Wildman–Crippen LogP) is 3.46. The molecule has 2 aromatic rings. The molecule has 0 aliphatic carbocycles. The van der Waals surface area contributed by atoms with Crippen LogP contribution in [0.5, 0.6) is 11.5 Å². The molecule has 4 heterocycles. The lowest BCUT2D eigenvalue weighted by Crippen LogP contribution is -2.35. The van der Waals surface area contributed by atoms with E-state index in [2.05, 4.69) is 14.8 Å². The van der Waals surface area contributed by atoms with Crippen molar-refractivity contribution in [2.75, 3.05) is 13.2 Å². The molecule has 0 radical (unpaired) electrons. The maximum Gasteiger partial charge on any atom is 0.586 e. The first-order chi connectivity index (χ1) is 15.7. The van der Waals surface area contributed by atoms with E-state index in [4.69, 9.17) is 4.74 Å². The molecule has 2 amide bonds. The fourth-order valence-electron chi connectivity index (χ4n) is 4.67. The van der Waals surface area contributed by atoms with E-state index in [0.717, 1.165) is 12.8 Å². The van der Waals surface area contributed by atoms with Gasteiger partial charge in [0.05, 0.1) is 30.5 Å². The largest absolute Gasteiger partial charge is 0.586 e. The maximum absolute atomic E-state index is 13.3. The molecule has 10 heteroatoms. The van der Waals surface area contributed by atoms with Crippen molar-refractivity contribution in [3.63, 3.8) is 0 Å². The van der Waals surface area contributed by atoms with Gasteiger partial charge in [-0.15, -0.1) is 8.78 Å². The molecule has 1 saturated heterocycles.